The molecule has 1 aliphatic rings. The largest absolute Gasteiger partial charge is 0.482 e. The Labute approximate surface area is 209 Å². The number of carbonyl (C=O) groups is 1. The third-order valence-corrected chi connectivity index (χ3v) is 6.30. The summed E-state index contributed by atoms with van der Waals surface area (Å²) in [6.45, 7) is 1.60. The molecular weight excluding hydrogens is 460 g/mol. The van der Waals surface area contributed by atoms with E-state index in [1.165, 1.54) is 17.7 Å². The number of carboxylic acid groups (broad SMARTS) is 1. The molecule has 0 fully saturated rings. The highest BCUT2D eigenvalue weighted by Crippen LogP contribution is 2.34. The van der Waals surface area contributed by atoms with E-state index in [0.717, 1.165) is 48.1 Å². The van der Waals surface area contributed by atoms with E-state index in [0.29, 0.717) is 11.7 Å². The Morgan fingerprint density at radius 2 is 1.81 bits per heavy atom. The summed E-state index contributed by atoms with van der Waals surface area (Å²) in [5.74, 6) is 0.0423. The van der Waals surface area contributed by atoms with Gasteiger partial charge in [0.25, 0.3) is 5.69 Å². The number of nitro benzene ring substituents is 1. The molecule has 0 heterocycles. The fourth-order valence-electron chi connectivity index (χ4n) is 4.61. The molecule has 3 aromatic carbocycles. The number of nitrogens with zero attached hydrogens (tertiary/aromatic N) is 2. The van der Waals surface area contributed by atoms with Gasteiger partial charge < -0.3 is 14.7 Å². The van der Waals surface area contributed by atoms with Crippen molar-refractivity contribution >= 4 is 17.4 Å². The van der Waals surface area contributed by atoms with Gasteiger partial charge in [0.1, 0.15) is 5.75 Å². The number of nitro groups is 1. The van der Waals surface area contributed by atoms with Gasteiger partial charge in [0.15, 0.2) is 12.7 Å². The quantitative estimate of drug-likeness (QED) is 0.221. The van der Waals surface area contributed by atoms with Gasteiger partial charge in [-0.25, -0.2) is 4.79 Å². The Kier molecular flexibility index (Phi) is 7.95. The predicted molar refractivity (Wildman–Crippen MR) is 135 cm³/mol. The van der Waals surface area contributed by atoms with Crippen LogP contribution in [0.4, 0.5) is 5.69 Å². The highest BCUT2D eigenvalue weighted by Gasteiger charge is 2.23. The van der Waals surface area contributed by atoms with E-state index in [2.05, 4.69) is 11.2 Å². The first-order valence-corrected chi connectivity index (χ1v) is 11.8. The first-order chi connectivity index (χ1) is 17.4. The van der Waals surface area contributed by atoms with E-state index in [9.17, 15) is 14.9 Å². The maximum Gasteiger partial charge on any atom is 0.341 e. The Bertz CT molecular complexity index is 1240. The number of fused-ring (bicyclic) bond motifs is 1. The second-order valence-corrected chi connectivity index (χ2v) is 8.96. The van der Waals surface area contributed by atoms with Gasteiger partial charge in [0, 0.05) is 17.7 Å². The van der Waals surface area contributed by atoms with E-state index in [4.69, 9.17) is 14.7 Å². The molecule has 1 N–H and O–H groups in total. The van der Waals surface area contributed by atoms with Crippen LogP contribution in [-0.4, -0.2) is 28.3 Å². The van der Waals surface area contributed by atoms with Gasteiger partial charge in [-0.3, -0.25) is 10.1 Å². The maximum absolute atomic E-state index is 11.0. The van der Waals surface area contributed by atoms with Crippen molar-refractivity contribution in [1.29, 1.82) is 0 Å². The highest BCUT2D eigenvalue weighted by molar-refractivity contribution is 5.81. The van der Waals surface area contributed by atoms with Crippen LogP contribution in [0, 0.1) is 16.0 Å². The number of hydrogen-bond donors (Lipinski definition) is 1. The number of carboxylic acids is 1. The number of aliphatic carboxylic acids is 1. The third-order valence-electron chi connectivity index (χ3n) is 6.30. The van der Waals surface area contributed by atoms with Crippen LogP contribution < -0.4 is 4.74 Å². The summed E-state index contributed by atoms with van der Waals surface area (Å²) in [5, 5.41) is 24.4. The lowest BCUT2D eigenvalue weighted by molar-refractivity contribution is -0.384. The molecule has 2 unspecified atom stereocenters. The minimum atomic E-state index is -0.990. The van der Waals surface area contributed by atoms with Crippen molar-refractivity contribution in [1.82, 2.24) is 0 Å². The maximum atomic E-state index is 11.0. The average molecular weight is 489 g/mol. The van der Waals surface area contributed by atoms with E-state index < -0.39 is 17.0 Å². The van der Waals surface area contributed by atoms with Crippen LogP contribution in [0.2, 0.25) is 0 Å². The fourth-order valence-corrected chi connectivity index (χ4v) is 4.61. The van der Waals surface area contributed by atoms with Crippen molar-refractivity contribution in [3.63, 3.8) is 0 Å². The minimum absolute atomic E-state index is 0.0272. The van der Waals surface area contributed by atoms with Gasteiger partial charge >= 0.3 is 5.97 Å². The van der Waals surface area contributed by atoms with Crippen LogP contribution in [0.5, 0.6) is 5.75 Å². The molecule has 1 aliphatic carbocycles. The van der Waals surface area contributed by atoms with Crippen molar-refractivity contribution in [3.05, 3.63) is 105 Å². The lowest BCUT2D eigenvalue weighted by Gasteiger charge is -2.26. The summed E-state index contributed by atoms with van der Waals surface area (Å²) in [6, 6.07) is 21.8. The molecule has 0 saturated heterocycles. The number of hydrogen-bond acceptors (Lipinski definition) is 6. The third kappa shape index (κ3) is 6.27. The minimum Gasteiger partial charge on any atom is -0.482 e. The van der Waals surface area contributed by atoms with Gasteiger partial charge in [-0.15, -0.1) is 0 Å². The lowest BCUT2D eigenvalue weighted by Crippen LogP contribution is -2.19. The van der Waals surface area contributed by atoms with Crippen molar-refractivity contribution < 1.29 is 24.4 Å². The van der Waals surface area contributed by atoms with Gasteiger partial charge in [-0.05, 0) is 73.4 Å². The predicted octanol–water partition coefficient (Wildman–Crippen LogP) is 5.74. The topological polar surface area (TPSA) is 111 Å². The Balaban J connectivity index is 1.44. The smallest absolute Gasteiger partial charge is 0.341 e. The van der Waals surface area contributed by atoms with Crippen LogP contribution in [0.1, 0.15) is 48.1 Å². The average Bonchev–Trinajstić information content (AvgIpc) is 2.88. The molecule has 2 atom stereocenters. The standard InChI is InChI=1S/C28H28N2O6/c1-19(16-20-10-15-25-23(17-20)8-5-9-26(25)35-18-27(31)32)29-36-28(21-6-3-2-4-7-21)22-11-13-24(14-12-22)30(33)34/h2-9,11-14,20,28H,10,15-18H2,1H3,(H,31,32)/b29-19-. The second kappa shape index (κ2) is 11.5. The molecule has 36 heavy (non-hydrogen) atoms. The first kappa shape index (κ1) is 24.9. The molecule has 0 saturated carbocycles. The van der Waals surface area contributed by atoms with Crippen molar-refractivity contribution in [2.24, 2.45) is 11.1 Å². The van der Waals surface area contributed by atoms with Crippen molar-refractivity contribution in [3.8, 4) is 5.75 Å². The van der Waals surface area contributed by atoms with Crippen LogP contribution in [0.15, 0.2) is 78.0 Å². The van der Waals surface area contributed by atoms with Crippen LogP contribution >= 0.6 is 0 Å². The number of benzene rings is 3. The summed E-state index contributed by atoms with van der Waals surface area (Å²) in [5.41, 5.74) is 4.84. The van der Waals surface area contributed by atoms with Gasteiger partial charge in [0.05, 0.1) is 10.6 Å². The molecular formula is C28H28N2O6. The van der Waals surface area contributed by atoms with Gasteiger partial charge in [-0.2, -0.15) is 0 Å². The molecule has 0 amide bonds. The fraction of sp³-hybridized carbons (Fsp3) is 0.286. The Morgan fingerprint density at radius 1 is 1.08 bits per heavy atom. The Hall–Kier alpha value is -4.20. The van der Waals surface area contributed by atoms with Crippen LogP contribution in [0.25, 0.3) is 0 Å². The molecule has 186 valence electrons. The van der Waals surface area contributed by atoms with E-state index >= 15 is 0 Å². The number of rotatable bonds is 10. The lowest BCUT2D eigenvalue weighted by atomic mass is 9.81. The van der Waals surface area contributed by atoms with E-state index in [1.54, 1.807) is 12.1 Å². The summed E-state index contributed by atoms with van der Waals surface area (Å²) in [6.07, 6.45) is 2.90. The normalized spacial score (nSPS) is 16.0. The SMILES string of the molecule is C/C(CC1CCc2c(cccc2OCC(=O)O)C1)=N/OC(c1ccccc1)c1ccc([N+](=O)[O-])cc1. The monoisotopic (exact) mass is 488 g/mol. The zero-order valence-corrected chi connectivity index (χ0v) is 20.0. The summed E-state index contributed by atoms with van der Waals surface area (Å²) in [4.78, 5) is 27.5. The zero-order valence-electron chi connectivity index (χ0n) is 20.0. The molecule has 0 radical (unpaired) electrons. The molecule has 0 spiro atoms. The van der Waals surface area contributed by atoms with Crippen molar-refractivity contribution in [2.45, 2.75) is 38.7 Å². The first-order valence-electron chi connectivity index (χ1n) is 11.8. The highest BCUT2D eigenvalue weighted by atomic mass is 16.6. The summed E-state index contributed by atoms with van der Waals surface area (Å²) in [7, 11) is 0. The van der Waals surface area contributed by atoms with E-state index in [1.807, 2.05) is 49.4 Å². The van der Waals surface area contributed by atoms with Crippen molar-refractivity contribution in [2.75, 3.05) is 6.61 Å². The molecule has 8 nitrogen and oxygen atoms in total. The number of non-ortho nitro benzene ring substituents is 1. The summed E-state index contributed by atoms with van der Waals surface area (Å²) >= 11 is 0. The molecule has 0 aliphatic heterocycles. The zero-order chi connectivity index (χ0) is 25.5. The van der Waals surface area contributed by atoms with Gasteiger partial charge in [0.2, 0.25) is 0 Å². The number of ether oxygens (including phenoxy) is 1. The van der Waals surface area contributed by atoms with Gasteiger partial charge in [-0.1, -0.05) is 47.6 Å². The van der Waals surface area contributed by atoms with Crippen LogP contribution in [0.3, 0.4) is 0 Å². The second-order valence-electron chi connectivity index (χ2n) is 8.96. The summed E-state index contributed by atoms with van der Waals surface area (Å²) < 4.78 is 5.47. The van der Waals surface area contributed by atoms with Crippen LogP contribution in [-0.2, 0) is 22.5 Å². The molecule has 0 aromatic heterocycles. The molecule has 0 bridgehead atoms. The number of oxime groups is 1. The Morgan fingerprint density at radius 3 is 2.50 bits per heavy atom. The molecule has 3 aromatic rings. The molecule has 4 rings (SSSR count). The molecule has 8 heteroatoms. The van der Waals surface area contributed by atoms with E-state index in [-0.39, 0.29) is 12.3 Å².